The van der Waals surface area contributed by atoms with Gasteiger partial charge >= 0.3 is 0 Å². The summed E-state index contributed by atoms with van der Waals surface area (Å²) < 4.78 is 0. The number of nitrogens with one attached hydrogen (secondary N) is 1. The fourth-order valence-corrected chi connectivity index (χ4v) is 2.77. The first kappa shape index (κ1) is 17.9. The van der Waals surface area contributed by atoms with Crippen molar-refractivity contribution < 1.29 is 0 Å². The van der Waals surface area contributed by atoms with E-state index in [1.54, 1.807) is 0 Å². The van der Waals surface area contributed by atoms with E-state index in [0.717, 1.165) is 37.0 Å². The van der Waals surface area contributed by atoms with Crippen LogP contribution in [-0.2, 0) is 6.54 Å². The topological polar surface area (TPSA) is 41.1 Å². The maximum atomic E-state index is 4.66. The maximum absolute atomic E-state index is 4.66. The highest BCUT2D eigenvalue weighted by molar-refractivity contribution is 5.35. The van der Waals surface area contributed by atoms with Gasteiger partial charge in [-0.15, -0.1) is 0 Å². The van der Waals surface area contributed by atoms with Gasteiger partial charge in [0, 0.05) is 30.9 Å². The average molecular weight is 292 g/mol. The lowest BCUT2D eigenvalue weighted by Crippen LogP contribution is -2.37. The van der Waals surface area contributed by atoms with Crippen LogP contribution < -0.4 is 5.32 Å². The molecule has 0 aliphatic carbocycles. The monoisotopic (exact) mass is 292 g/mol. The number of aromatic nitrogens is 2. The van der Waals surface area contributed by atoms with E-state index in [1.165, 1.54) is 12.8 Å². The molecule has 120 valence electrons. The lowest BCUT2D eigenvalue weighted by molar-refractivity contribution is 0.153. The summed E-state index contributed by atoms with van der Waals surface area (Å²) in [4.78, 5) is 11.8. The molecule has 0 radical (unpaired) electrons. The molecule has 0 aromatic carbocycles. The zero-order valence-electron chi connectivity index (χ0n) is 14.6. The fourth-order valence-electron chi connectivity index (χ4n) is 2.77. The molecule has 1 rings (SSSR count). The minimum Gasteiger partial charge on any atom is -0.370 e. The zero-order chi connectivity index (χ0) is 15.8. The fraction of sp³-hybridized carbons (Fsp3) is 0.765. The van der Waals surface area contributed by atoms with E-state index in [4.69, 9.17) is 0 Å². The summed E-state index contributed by atoms with van der Waals surface area (Å²) >= 11 is 0. The van der Waals surface area contributed by atoms with Gasteiger partial charge in [-0.05, 0) is 32.6 Å². The van der Waals surface area contributed by atoms with Crippen molar-refractivity contribution in [2.45, 2.75) is 67.0 Å². The van der Waals surface area contributed by atoms with Crippen molar-refractivity contribution in [2.24, 2.45) is 5.92 Å². The molecule has 21 heavy (non-hydrogen) atoms. The van der Waals surface area contributed by atoms with Gasteiger partial charge in [0.25, 0.3) is 0 Å². The Labute approximate surface area is 130 Å². The van der Waals surface area contributed by atoms with E-state index in [1.807, 2.05) is 13.0 Å². The number of rotatable bonds is 9. The van der Waals surface area contributed by atoms with Crippen LogP contribution in [0.3, 0.4) is 0 Å². The molecule has 0 amide bonds. The van der Waals surface area contributed by atoms with Gasteiger partial charge < -0.3 is 5.32 Å². The summed E-state index contributed by atoms with van der Waals surface area (Å²) in [5.41, 5.74) is 1.03. The predicted octanol–water partition coefficient (Wildman–Crippen LogP) is 3.86. The van der Waals surface area contributed by atoms with Gasteiger partial charge in [0.05, 0.1) is 6.54 Å². The van der Waals surface area contributed by atoms with Gasteiger partial charge in [-0.25, -0.2) is 9.97 Å². The molecular formula is C17H32N4. The number of anilines is 1. The van der Waals surface area contributed by atoms with E-state index in [-0.39, 0.29) is 0 Å². The molecule has 0 aliphatic heterocycles. The summed E-state index contributed by atoms with van der Waals surface area (Å²) in [7, 11) is 0. The number of hydrogen-bond acceptors (Lipinski definition) is 4. The molecule has 1 N–H and O–H groups in total. The van der Waals surface area contributed by atoms with Crippen LogP contribution in [0.2, 0.25) is 0 Å². The number of nitrogens with zero attached hydrogens (tertiary/aromatic N) is 3. The molecule has 0 fully saturated rings. The molecule has 1 heterocycles. The van der Waals surface area contributed by atoms with Crippen LogP contribution in [0.4, 0.5) is 5.82 Å². The predicted molar refractivity (Wildman–Crippen MR) is 90.6 cm³/mol. The molecule has 0 atom stereocenters. The summed E-state index contributed by atoms with van der Waals surface area (Å²) in [5.74, 6) is 2.52. The van der Waals surface area contributed by atoms with E-state index in [2.05, 4.69) is 54.8 Å². The lowest BCUT2D eigenvalue weighted by Gasteiger charge is -2.31. The van der Waals surface area contributed by atoms with E-state index < -0.39 is 0 Å². The first-order valence-electron chi connectivity index (χ1n) is 8.32. The quantitative estimate of drug-likeness (QED) is 0.750. The second kappa shape index (κ2) is 8.98. The SMILES string of the molecule is CCNc1cc(C)nc(CN(CC(C)C)C(CC)CC)n1. The Balaban J connectivity index is 2.91. The van der Waals surface area contributed by atoms with Gasteiger partial charge in [-0.2, -0.15) is 0 Å². The van der Waals surface area contributed by atoms with E-state index in [9.17, 15) is 0 Å². The second-order valence-electron chi connectivity index (χ2n) is 6.13. The third-order valence-electron chi connectivity index (χ3n) is 3.66. The highest BCUT2D eigenvalue weighted by Gasteiger charge is 2.18. The third kappa shape index (κ3) is 6.00. The largest absolute Gasteiger partial charge is 0.370 e. The van der Waals surface area contributed by atoms with Gasteiger partial charge in [0.1, 0.15) is 11.6 Å². The Hall–Kier alpha value is -1.16. The van der Waals surface area contributed by atoms with Crippen LogP contribution in [0.15, 0.2) is 6.07 Å². The van der Waals surface area contributed by atoms with Crippen molar-refractivity contribution in [3.05, 3.63) is 17.6 Å². The minimum atomic E-state index is 0.610. The Morgan fingerprint density at radius 3 is 2.33 bits per heavy atom. The third-order valence-corrected chi connectivity index (χ3v) is 3.66. The molecule has 0 unspecified atom stereocenters. The van der Waals surface area contributed by atoms with Gasteiger partial charge in [-0.1, -0.05) is 27.7 Å². The highest BCUT2D eigenvalue weighted by Crippen LogP contribution is 2.15. The van der Waals surface area contributed by atoms with E-state index >= 15 is 0 Å². The Bertz CT molecular complexity index is 413. The lowest BCUT2D eigenvalue weighted by atomic mass is 10.1. The average Bonchev–Trinajstić information content (AvgIpc) is 2.39. The standard InChI is InChI=1S/C17H32N4/c1-7-15(8-2)21(11-13(4)5)12-17-19-14(6)10-16(20-17)18-9-3/h10,13,15H,7-9,11-12H2,1-6H3,(H,18,19,20). The Kier molecular flexibility index (Phi) is 7.65. The van der Waals surface area contributed by atoms with Crippen LogP contribution in [0, 0.1) is 12.8 Å². The molecular weight excluding hydrogens is 260 g/mol. The first-order chi connectivity index (χ1) is 9.99. The van der Waals surface area contributed by atoms with E-state index in [0.29, 0.717) is 12.0 Å². The van der Waals surface area contributed by atoms with Crippen molar-refractivity contribution in [3.8, 4) is 0 Å². The first-order valence-corrected chi connectivity index (χ1v) is 8.32. The normalized spacial score (nSPS) is 11.7. The Morgan fingerprint density at radius 2 is 1.81 bits per heavy atom. The van der Waals surface area contributed by atoms with Gasteiger partial charge in [-0.3, -0.25) is 4.90 Å². The molecule has 4 nitrogen and oxygen atoms in total. The summed E-state index contributed by atoms with van der Waals surface area (Å²) in [5, 5.41) is 3.29. The molecule has 0 saturated heterocycles. The van der Waals surface area contributed by atoms with Crippen LogP contribution in [0.5, 0.6) is 0 Å². The van der Waals surface area contributed by atoms with Crippen LogP contribution in [-0.4, -0.2) is 34.0 Å². The van der Waals surface area contributed by atoms with Crippen LogP contribution in [0.25, 0.3) is 0 Å². The Morgan fingerprint density at radius 1 is 1.14 bits per heavy atom. The van der Waals surface area contributed by atoms with Crippen molar-refractivity contribution in [3.63, 3.8) is 0 Å². The molecule has 0 aliphatic rings. The summed E-state index contributed by atoms with van der Waals surface area (Å²) in [6.45, 7) is 16.0. The van der Waals surface area contributed by atoms with Crippen molar-refractivity contribution in [2.75, 3.05) is 18.4 Å². The maximum Gasteiger partial charge on any atom is 0.144 e. The van der Waals surface area contributed by atoms with Gasteiger partial charge in [0.15, 0.2) is 0 Å². The van der Waals surface area contributed by atoms with Crippen LogP contribution in [0.1, 0.15) is 59.0 Å². The molecule has 0 bridgehead atoms. The second-order valence-corrected chi connectivity index (χ2v) is 6.13. The molecule has 1 aromatic heterocycles. The molecule has 0 spiro atoms. The van der Waals surface area contributed by atoms with Gasteiger partial charge in [0.2, 0.25) is 0 Å². The summed E-state index contributed by atoms with van der Waals surface area (Å²) in [6, 6.07) is 2.62. The number of aryl methyl sites for hydroxylation is 1. The van der Waals surface area contributed by atoms with Crippen molar-refractivity contribution in [1.82, 2.24) is 14.9 Å². The molecule has 1 aromatic rings. The molecule has 4 heteroatoms. The summed E-state index contributed by atoms with van der Waals surface area (Å²) in [6.07, 6.45) is 2.35. The highest BCUT2D eigenvalue weighted by atomic mass is 15.2. The minimum absolute atomic E-state index is 0.610. The van der Waals surface area contributed by atoms with Crippen molar-refractivity contribution in [1.29, 1.82) is 0 Å². The van der Waals surface area contributed by atoms with Crippen molar-refractivity contribution >= 4 is 5.82 Å². The zero-order valence-corrected chi connectivity index (χ0v) is 14.6. The molecule has 0 saturated carbocycles. The number of hydrogen-bond donors (Lipinski definition) is 1. The smallest absolute Gasteiger partial charge is 0.144 e. The van der Waals surface area contributed by atoms with Crippen LogP contribution >= 0.6 is 0 Å².